The van der Waals surface area contributed by atoms with E-state index in [1.54, 1.807) is 35.0 Å². The maximum atomic E-state index is 12.4. The lowest BCUT2D eigenvalue weighted by molar-refractivity contribution is 0.0950. The molecule has 0 radical (unpaired) electrons. The van der Waals surface area contributed by atoms with E-state index in [1.165, 1.54) is 12.1 Å². The van der Waals surface area contributed by atoms with Crippen molar-refractivity contribution in [1.82, 2.24) is 19.9 Å². The number of halogens is 1. The number of nitrogens with one attached hydrogen (secondary N) is 2. The number of carbonyl (C=O) groups excluding carboxylic acids is 1. The van der Waals surface area contributed by atoms with Crippen molar-refractivity contribution in [1.29, 1.82) is 0 Å². The fourth-order valence-electron chi connectivity index (χ4n) is 3.86. The van der Waals surface area contributed by atoms with Crippen molar-refractivity contribution >= 4 is 33.3 Å². The summed E-state index contributed by atoms with van der Waals surface area (Å²) >= 11 is 3.50. The minimum atomic E-state index is -0.255. The van der Waals surface area contributed by atoms with Gasteiger partial charge in [0.2, 0.25) is 0 Å². The molecule has 0 aliphatic carbocycles. The number of anilines is 1. The number of amides is 1. The van der Waals surface area contributed by atoms with Crippen molar-refractivity contribution in [2.75, 3.05) is 5.32 Å². The van der Waals surface area contributed by atoms with E-state index >= 15 is 0 Å². The summed E-state index contributed by atoms with van der Waals surface area (Å²) in [4.78, 5) is 17.1. The third kappa shape index (κ3) is 5.01. The smallest absolute Gasteiger partial charge is 0.251 e. The Morgan fingerprint density at radius 3 is 2.50 bits per heavy atom. The third-order valence-corrected chi connectivity index (χ3v) is 6.19. The molecule has 0 unspecified atom stereocenters. The zero-order valence-corrected chi connectivity index (χ0v) is 20.6. The highest BCUT2D eigenvalue weighted by Crippen LogP contribution is 2.31. The quantitative estimate of drug-likeness (QED) is 0.227. The predicted molar refractivity (Wildman–Crippen MR) is 141 cm³/mol. The molecule has 0 atom stereocenters. The van der Waals surface area contributed by atoms with Gasteiger partial charge in [-0.25, -0.2) is 4.98 Å². The number of hydrogen-bond donors (Lipinski definition) is 4. The maximum Gasteiger partial charge on any atom is 0.251 e. The van der Waals surface area contributed by atoms with Gasteiger partial charge in [0.15, 0.2) is 5.65 Å². The van der Waals surface area contributed by atoms with E-state index in [4.69, 9.17) is 0 Å². The van der Waals surface area contributed by atoms with Crippen molar-refractivity contribution in [3.63, 3.8) is 0 Å². The second-order valence-electron chi connectivity index (χ2n) is 8.18. The molecule has 2 aromatic heterocycles. The van der Waals surface area contributed by atoms with Gasteiger partial charge in [-0.1, -0.05) is 42.5 Å². The van der Waals surface area contributed by atoms with E-state index in [0.29, 0.717) is 41.4 Å². The van der Waals surface area contributed by atoms with E-state index in [9.17, 15) is 15.0 Å². The zero-order chi connectivity index (χ0) is 25.1. The average molecular weight is 544 g/mol. The molecule has 0 aliphatic rings. The average Bonchev–Trinajstić information content (AvgIpc) is 3.27. The molecule has 180 valence electrons. The monoisotopic (exact) mass is 543 g/mol. The molecule has 2 heterocycles. The van der Waals surface area contributed by atoms with Crippen LogP contribution in [0.1, 0.15) is 21.5 Å². The van der Waals surface area contributed by atoms with Crippen LogP contribution < -0.4 is 10.6 Å². The van der Waals surface area contributed by atoms with E-state index in [0.717, 1.165) is 15.6 Å². The number of phenolic OH excluding ortho intramolecular Hbond substituents is 2. The largest absolute Gasteiger partial charge is 0.508 e. The Kier molecular flexibility index (Phi) is 6.55. The highest BCUT2D eigenvalue weighted by atomic mass is 79.9. The molecule has 5 aromatic rings. The van der Waals surface area contributed by atoms with Crippen LogP contribution in [0.5, 0.6) is 11.5 Å². The molecule has 0 bridgehead atoms. The van der Waals surface area contributed by atoms with Crippen LogP contribution in [0.2, 0.25) is 0 Å². The van der Waals surface area contributed by atoms with Crippen LogP contribution in [-0.4, -0.2) is 30.7 Å². The van der Waals surface area contributed by atoms with Crippen LogP contribution in [-0.2, 0) is 13.1 Å². The lowest BCUT2D eigenvalue weighted by Crippen LogP contribution is -2.22. The first-order chi connectivity index (χ1) is 17.5. The van der Waals surface area contributed by atoms with Gasteiger partial charge in [-0.05, 0) is 57.4 Å². The fraction of sp³-hybridized carbons (Fsp3) is 0.0741. The molecule has 1 amide bonds. The summed E-state index contributed by atoms with van der Waals surface area (Å²) in [6.07, 6.45) is 1.68. The molecule has 0 fully saturated rings. The molecule has 36 heavy (non-hydrogen) atoms. The van der Waals surface area contributed by atoms with Gasteiger partial charge in [0, 0.05) is 30.3 Å². The zero-order valence-electron chi connectivity index (χ0n) is 19.0. The second kappa shape index (κ2) is 10.1. The van der Waals surface area contributed by atoms with Crippen molar-refractivity contribution in [3.05, 3.63) is 106 Å². The standard InChI is InChI=1S/C27H22BrN5O3/c28-22-16-31-33-25(13-23(32-26(22)33)21-9-1-2-10-24(21)35)29-14-17-5-3-6-18(11-17)15-30-27(36)19-7-4-8-20(34)12-19/h1-13,16,29,34-35H,14-15H2,(H,30,36). The van der Waals surface area contributed by atoms with Gasteiger partial charge in [-0.15, -0.1) is 0 Å². The molecule has 8 nitrogen and oxygen atoms in total. The summed E-state index contributed by atoms with van der Waals surface area (Å²) in [6.45, 7) is 0.858. The normalized spacial score (nSPS) is 10.9. The van der Waals surface area contributed by atoms with E-state index in [1.807, 2.05) is 42.5 Å². The summed E-state index contributed by atoms with van der Waals surface area (Å²) in [7, 11) is 0. The Morgan fingerprint density at radius 2 is 1.69 bits per heavy atom. The number of para-hydroxylation sites is 1. The van der Waals surface area contributed by atoms with Gasteiger partial charge in [-0.2, -0.15) is 9.61 Å². The summed E-state index contributed by atoms with van der Waals surface area (Å²) in [5, 5.41) is 30.6. The van der Waals surface area contributed by atoms with Gasteiger partial charge >= 0.3 is 0 Å². The minimum absolute atomic E-state index is 0.0517. The maximum absolute atomic E-state index is 12.4. The summed E-state index contributed by atoms with van der Waals surface area (Å²) in [5.74, 6) is 0.660. The Balaban J connectivity index is 1.33. The molecule has 0 spiro atoms. The van der Waals surface area contributed by atoms with Gasteiger partial charge in [0.25, 0.3) is 5.91 Å². The molecule has 4 N–H and O–H groups in total. The molecule has 3 aromatic carbocycles. The number of phenols is 2. The molecule has 0 aliphatic heterocycles. The van der Waals surface area contributed by atoms with Gasteiger partial charge in [-0.3, -0.25) is 4.79 Å². The number of carbonyl (C=O) groups is 1. The lowest BCUT2D eigenvalue weighted by Gasteiger charge is -2.12. The summed E-state index contributed by atoms with van der Waals surface area (Å²) in [6, 6.07) is 23.0. The number of aromatic hydroxyl groups is 2. The predicted octanol–water partition coefficient (Wildman–Crippen LogP) is 5.11. The molecule has 5 rings (SSSR count). The van der Waals surface area contributed by atoms with Crippen LogP contribution in [0.4, 0.5) is 5.82 Å². The topological polar surface area (TPSA) is 112 Å². The highest BCUT2D eigenvalue weighted by Gasteiger charge is 2.14. The SMILES string of the molecule is O=C(NCc1cccc(CNc2cc(-c3ccccc3O)nc3c(Br)cnn23)c1)c1cccc(O)c1. The minimum Gasteiger partial charge on any atom is -0.508 e. The van der Waals surface area contributed by atoms with Crippen molar-refractivity contribution in [3.8, 4) is 22.8 Å². The van der Waals surface area contributed by atoms with Crippen LogP contribution >= 0.6 is 15.9 Å². The third-order valence-electron chi connectivity index (χ3n) is 5.64. The fourth-order valence-corrected chi connectivity index (χ4v) is 4.21. The Hall–Kier alpha value is -4.37. The van der Waals surface area contributed by atoms with E-state index < -0.39 is 0 Å². The van der Waals surface area contributed by atoms with Crippen molar-refractivity contribution < 1.29 is 15.0 Å². The number of fused-ring (bicyclic) bond motifs is 1. The first-order valence-corrected chi connectivity index (χ1v) is 12.0. The summed E-state index contributed by atoms with van der Waals surface area (Å²) in [5.41, 5.74) is 4.23. The number of rotatable bonds is 7. The molecular formula is C27H22BrN5O3. The van der Waals surface area contributed by atoms with E-state index in [-0.39, 0.29) is 17.4 Å². The van der Waals surface area contributed by atoms with Crippen LogP contribution in [0.3, 0.4) is 0 Å². The van der Waals surface area contributed by atoms with Crippen molar-refractivity contribution in [2.24, 2.45) is 0 Å². The van der Waals surface area contributed by atoms with Crippen LogP contribution in [0.15, 0.2) is 89.5 Å². The lowest BCUT2D eigenvalue weighted by atomic mass is 10.1. The highest BCUT2D eigenvalue weighted by molar-refractivity contribution is 9.10. The van der Waals surface area contributed by atoms with Gasteiger partial charge in [0.1, 0.15) is 17.3 Å². The van der Waals surface area contributed by atoms with Crippen LogP contribution in [0.25, 0.3) is 16.9 Å². The molecular weight excluding hydrogens is 522 g/mol. The Bertz CT molecular complexity index is 1570. The Labute approximate surface area is 215 Å². The van der Waals surface area contributed by atoms with Crippen LogP contribution in [0, 0.1) is 0 Å². The number of benzene rings is 3. The van der Waals surface area contributed by atoms with E-state index in [2.05, 4.69) is 36.6 Å². The number of nitrogens with zero attached hydrogens (tertiary/aromatic N) is 3. The second-order valence-corrected chi connectivity index (χ2v) is 9.03. The number of aromatic nitrogens is 3. The molecule has 0 saturated carbocycles. The molecule has 9 heteroatoms. The Morgan fingerprint density at radius 1 is 0.917 bits per heavy atom. The summed E-state index contributed by atoms with van der Waals surface area (Å²) < 4.78 is 2.44. The van der Waals surface area contributed by atoms with Gasteiger partial charge in [0.05, 0.1) is 16.4 Å². The number of hydrogen-bond acceptors (Lipinski definition) is 6. The van der Waals surface area contributed by atoms with Gasteiger partial charge < -0.3 is 20.8 Å². The van der Waals surface area contributed by atoms with Crippen molar-refractivity contribution in [2.45, 2.75) is 13.1 Å². The first-order valence-electron chi connectivity index (χ1n) is 11.2. The molecule has 0 saturated heterocycles. The first kappa shape index (κ1) is 23.4.